The van der Waals surface area contributed by atoms with E-state index in [1.807, 2.05) is 43.3 Å². The number of piperazine rings is 1. The van der Waals surface area contributed by atoms with Gasteiger partial charge in [0.2, 0.25) is 5.91 Å². The van der Waals surface area contributed by atoms with E-state index in [-0.39, 0.29) is 5.91 Å². The summed E-state index contributed by atoms with van der Waals surface area (Å²) in [4.78, 5) is 16.9. The summed E-state index contributed by atoms with van der Waals surface area (Å²) in [5.41, 5.74) is 3.25. The van der Waals surface area contributed by atoms with Crippen LogP contribution in [0.15, 0.2) is 48.5 Å². The Morgan fingerprint density at radius 2 is 1.81 bits per heavy atom. The molecule has 1 amide bonds. The lowest BCUT2D eigenvalue weighted by Gasteiger charge is -2.36. The van der Waals surface area contributed by atoms with Gasteiger partial charge in [0.1, 0.15) is 5.75 Å². The Hall–Kier alpha value is -2.53. The molecule has 0 atom stereocenters. The number of nitrogens with zero attached hydrogens (tertiary/aromatic N) is 2. The van der Waals surface area contributed by atoms with E-state index in [2.05, 4.69) is 27.2 Å². The number of aryl methyl sites for hydroxylation is 1. The molecule has 0 aliphatic carbocycles. The van der Waals surface area contributed by atoms with Crippen molar-refractivity contribution in [3.8, 4) is 5.75 Å². The van der Waals surface area contributed by atoms with E-state index in [9.17, 15) is 4.79 Å². The quantitative estimate of drug-likeness (QED) is 0.866. The van der Waals surface area contributed by atoms with Crippen LogP contribution in [0.3, 0.4) is 0 Å². The highest BCUT2D eigenvalue weighted by molar-refractivity contribution is 5.90. The molecular weight excluding hydrogens is 326 g/mol. The van der Waals surface area contributed by atoms with Crippen LogP contribution in [-0.4, -0.2) is 50.6 Å². The minimum Gasteiger partial charge on any atom is -0.497 e. The van der Waals surface area contributed by atoms with E-state index in [0.717, 1.165) is 49.7 Å². The molecule has 5 nitrogen and oxygen atoms in total. The molecule has 1 saturated heterocycles. The summed E-state index contributed by atoms with van der Waals surface area (Å²) in [6.07, 6.45) is 0.524. The topological polar surface area (TPSA) is 44.8 Å². The highest BCUT2D eigenvalue weighted by atomic mass is 16.5. The van der Waals surface area contributed by atoms with E-state index in [1.54, 1.807) is 7.11 Å². The van der Waals surface area contributed by atoms with E-state index in [1.165, 1.54) is 5.69 Å². The molecule has 1 heterocycles. The molecule has 0 radical (unpaired) electrons. The minimum atomic E-state index is 0.0770. The third kappa shape index (κ3) is 4.99. The maximum atomic E-state index is 12.2. The van der Waals surface area contributed by atoms with Crippen molar-refractivity contribution in [2.45, 2.75) is 13.3 Å². The second kappa shape index (κ2) is 8.72. The van der Waals surface area contributed by atoms with Crippen molar-refractivity contribution in [3.63, 3.8) is 0 Å². The average Bonchev–Trinajstić information content (AvgIpc) is 2.67. The number of hydrogen-bond acceptors (Lipinski definition) is 4. The number of rotatable bonds is 6. The number of hydrogen-bond donors (Lipinski definition) is 1. The third-order valence-electron chi connectivity index (χ3n) is 4.77. The second-order valence-corrected chi connectivity index (χ2v) is 6.69. The molecule has 0 aromatic heterocycles. The first-order chi connectivity index (χ1) is 12.6. The van der Waals surface area contributed by atoms with Gasteiger partial charge in [-0.25, -0.2) is 0 Å². The van der Waals surface area contributed by atoms with Crippen LogP contribution in [-0.2, 0) is 4.79 Å². The SMILES string of the molecule is COc1ccc(N2CCN(CCC(=O)Nc3cccc(C)c3)CC2)cc1. The van der Waals surface area contributed by atoms with Crippen LogP contribution in [0.25, 0.3) is 0 Å². The summed E-state index contributed by atoms with van der Waals surface area (Å²) in [7, 11) is 1.68. The monoisotopic (exact) mass is 353 g/mol. The van der Waals surface area contributed by atoms with Gasteiger partial charge in [0.05, 0.1) is 7.11 Å². The van der Waals surface area contributed by atoms with Gasteiger partial charge in [0.15, 0.2) is 0 Å². The number of carbonyl (C=O) groups is 1. The molecular formula is C21H27N3O2. The zero-order chi connectivity index (χ0) is 18.4. The Balaban J connectivity index is 1.41. The molecule has 2 aromatic rings. The smallest absolute Gasteiger partial charge is 0.225 e. The lowest BCUT2D eigenvalue weighted by molar-refractivity contribution is -0.116. The van der Waals surface area contributed by atoms with Gasteiger partial charge in [-0.3, -0.25) is 9.69 Å². The largest absolute Gasteiger partial charge is 0.497 e. The summed E-state index contributed by atoms with van der Waals surface area (Å²) in [6.45, 7) is 6.73. The van der Waals surface area contributed by atoms with E-state index in [0.29, 0.717) is 6.42 Å². The summed E-state index contributed by atoms with van der Waals surface area (Å²) in [5, 5.41) is 2.98. The third-order valence-corrected chi connectivity index (χ3v) is 4.77. The number of benzene rings is 2. The fourth-order valence-electron chi connectivity index (χ4n) is 3.23. The second-order valence-electron chi connectivity index (χ2n) is 6.69. The number of methoxy groups -OCH3 is 1. The molecule has 0 bridgehead atoms. The highest BCUT2D eigenvalue weighted by Crippen LogP contribution is 2.20. The molecule has 3 rings (SSSR count). The van der Waals surface area contributed by atoms with Crippen LogP contribution in [0.4, 0.5) is 11.4 Å². The van der Waals surface area contributed by atoms with Crippen molar-refractivity contribution in [2.24, 2.45) is 0 Å². The predicted molar refractivity (Wildman–Crippen MR) is 106 cm³/mol. The van der Waals surface area contributed by atoms with E-state index < -0.39 is 0 Å². The van der Waals surface area contributed by atoms with Crippen LogP contribution < -0.4 is 15.0 Å². The Bertz CT molecular complexity index is 722. The Morgan fingerprint density at radius 1 is 1.08 bits per heavy atom. The summed E-state index contributed by atoms with van der Waals surface area (Å²) < 4.78 is 5.21. The molecule has 1 aliphatic heterocycles. The lowest BCUT2D eigenvalue weighted by atomic mass is 10.2. The van der Waals surface area contributed by atoms with Crippen LogP contribution in [0.1, 0.15) is 12.0 Å². The molecule has 0 spiro atoms. The predicted octanol–water partition coefficient (Wildman–Crippen LogP) is 3.15. The van der Waals surface area contributed by atoms with Crippen LogP contribution >= 0.6 is 0 Å². The van der Waals surface area contributed by atoms with Gasteiger partial charge in [-0.05, 0) is 48.9 Å². The van der Waals surface area contributed by atoms with Crippen molar-refractivity contribution < 1.29 is 9.53 Å². The molecule has 0 unspecified atom stereocenters. The maximum absolute atomic E-state index is 12.2. The number of ether oxygens (including phenoxy) is 1. The zero-order valence-electron chi connectivity index (χ0n) is 15.6. The van der Waals surface area contributed by atoms with Gasteiger partial charge < -0.3 is 15.0 Å². The first-order valence-electron chi connectivity index (χ1n) is 9.12. The van der Waals surface area contributed by atoms with Crippen LogP contribution in [0.2, 0.25) is 0 Å². The highest BCUT2D eigenvalue weighted by Gasteiger charge is 2.17. The van der Waals surface area contributed by atoms with Crippen molar-refractivity contribution in [2.75, 3.05) is 50.1 Å². The van der Waals surface area contributed by atoms with Gasteiger partial charge in [-0.15, -0.1) is 0 Å². The van der Waals surface area contributed by atoms with E-state index in [4.69, 9.17) is 4.74 Å². The van der Waals surface area contributed by atoms with Gasteiger partial charge in [-0.1, -0.05) is 12.1 Å². The Labute approximate surface area is 155 Å². The van der Waals surface area contributed by atoms with Gasteiger partial charge in [0.25, 0.3) is 0 Å². The Kier molecular flexibility index (Phi) is 6.12. The lowest BCUT2D eigenvalue weighted by Crippen LogP contribution is -2.47. The first-order valence-corrected chi connectivity index (χ1v) is 9.12. The van der Waals surface area contributed by atoms with Crippen molar-refractivity contribution >= 4 is 17.3 Å². The average molecular weight is 353 g/mol. The number of carbonyl (C=O) groups excluding carboxylic acids is 1. The van der Waals surface area contributed by atoms with Crippen molar-refractivity contribution in [1.29, 1.82) is 0 Å². The molecule has 1 fully saturated rings. The molecule has 2 aromatic carbocycles. The molecule has 26 heavy (non-hydrogen) atoms. The first kappa shape index (κ1) is 18.3. The summed E-state index contributed by atoms with van der Waals surface area (Å²) in [6, 6.07) is 16.1. The van der Waals surface area contributed by atoms with Crippen LogP contribution in [0.5, 0.6) is 5.75 Å². The Morgan fingerprint density at radius 3 is 2.46 bits per heavy atom. The van der Waals surface area contributed by atoms with Crippen molar-refractivity contribution in [3.05, 3.63) is 54.1 Å². The zero-order valence-corrected chi connectivity index (χ0v) is 15.6. The standard InChI is InChI=1S/C21H27N3O2/c1-17-4-3-5-18(16-17)22-21(25)10-11-23-12-14-24(15-13-23)19-6-8-20(26-2)9-7-19/h3-9,16H,10-15H2,1-2H3,(H,22,25). The molecule has 1 aliphatic rings. The molecule has 0 saturated carbocycles. The number of anilines is 2. The van der Waals surface area contributed by atoms with Gasteiger partial charge in [-0.2, -0.15) is 0 Å². The fraction of sp³-hybridized carbons (Fsp3) is 0.381. The van der Waals surface area contributed by atoms with Crippen molar-refractivity contribution in [1.82, 2.24) is 4.90 Å². The van der Waals surface area contributed by atoms with E-state index >= 15 is 0 Å². The summed E-state index contributed by atoms with van der Waals surface area (Å²) >= 11 is 0. The number of nitrogens with one attached hydrogen (secondary N) is 1. The fourth-order valence-corrected chi connectivity index (χ4v) is 3.23. The van der Waals surface area contributed by atoms with Gasteiger partial charge >= 0.3 is 0 Å². The minimum absolute atomic E-state index is 0.0770. The molecule has 1 N–H and O–H groups in total. The van der Waals surface area contributed by atoms with Gasteiger partial charge in [0, 0.05) is 50.5 Å². The number of amides is 1. The maximum Gasteiger partial charge on any atom is 0.225 e. The molecule has 138 valence electrons. The summed E-state index contributed by atoms with van der Waals surface area (Å²) in [5.74, 6) is 0.959. The molecule has 5 heteroatoms. The van der Waals surface area contributed by atoms with Crippen LogP contribution in [0, 0.1) is 6.92 Å². The normalized spacial score (nSPS) is 14.9.